The van der Waals surface area contributed by atoms with Crippen LogP contribution in [0.1, 0.15) is 24.8 Å². The molecule has 0 bridgehead atoms. The highest BCUT2D eigenvalue weighted by atomic mass is 35.5. The van der Waals surface area contributed by atoms with Gasteiger partial charge < -0.3 is 10.2 Å². The van der Waals surface area contributed by atoms with Gasteiger partial charge in [-0.05, 0) is 43.0 Å². The number of rotatable bonds is 3. The number of nitrogens with zero attached hydrogens (tertiary/aromatic N) is 1. The van der Waals surface area contributed by atoms with E-state index in [-0.39, 0.29) is 19.0 Å². The number of amides is 1. The number of carbonyl (C=O) groups excluding carboxylic acids is 1. The molecule has 0 radical (unpaired) electrons. The monoisotopic (exact) mass is 356 g/mol. The molecule has 0 saturated carbocycles. The van der Waals surface area contributed by atoms with E-state index in [1.807, 2.05) is 11.4 Å². The lowest BCUT2D eigenvalue weighted by Gasteiger charge is -2.29. The summed E-state index contributed by atoms with van der Waals surface area (Å²) in [7, 11) is 0. The summed E-state index contributed by atoms with van der Waals surface area (Å²) < 4.78 is 36.5. The SMILES string of the molecule is Cl.O=C(NCc1cc(N2CCCCC2)ccc1Cl)C(F)(F)F. The highest BCUT2D eigenvalue weighted by molar-refractivity contribution is 6.31. The molecular weight excluding hydrogens is 340 g/mol. The van der Waals surface area contributed by atoms with E-state index in [1.165, 1.54) is 6.42 Å². The number of nitrogens with one attached hydrogen (secondary N) is 1. The molecule has 1 aliphatic rings. The summed E-state index contributed by atoms with van der Waals surface area (Å²) in [6, 6.07) is 5.24. The Bertz CT molecular complexity index is 517. The van der Waals surface area contributed by atoms with Crippen molar-refractivity contribution in [3.8, 4) is 0 Å². The zero-order valence-electron chi connectivity index (χ0n) is 11.8. The van der Waals surface area contributed by atoms with Crippen LogP contribution in [0.4, 0.5) is 18.9 Å². The fourth-order valence-corrected chi connectivity index (χ4v) is 2.51. The van der Waals surface area contributed by atoms with E-state index in [4.69, 9.17) is 11.6 Å². The maximum atomic E-state index is 12.2. The second-order valence-corrected chi connectivity index (χ2v) is 5.41. The van der Waals surface area contributed by atoms with Crippen LogP contribution in [0.3, 0.4) is 0 Å². The molecule has 3 nitrogen and oxygen atoms in total. The largest absolute Gasteiger partial charge is 0.471 e. The Morgan fingerprint density at radius 1 is 1.23 bits per heavy atom. The van der Waals surface area contributed by atoms with Crippen molar-refractivity contribution in [2.45, 2.75) is 32.0 Å². The number of benzene rings is 1. The van der Waals surface area contributed by atoms with Crippen molar-refractivity contribution in [3.05, 3.63) is 28.8 Å². The number of anilines is 1. The van der Waals surface area contributed by atoms with Gasteiger partial charge in [0.2, 0.25) is 0 Å². The Kier molecular flexibility index (Phi) is 6.81. The van der Waals surface area contributed by atoms with Crippen molar-refractivity contribution in [3.63, 3.8) is 0 Å². The standard InChI is InChI=1S/C14H16ClF3N2O.ClH/c15-12-5-4-11(20-6-2-1-3-7-20)8-10(12)9-19-13(21)14(16,17)18;/h4-5,8H,1-3,6-7,9H2,(H,19,21);1H. The Morgan fingerprint density at radius 3 is 2.45 bits per heavy atom. The molecular formula is C14H17Cl2F3N2O. The van der Waals surface area contributed by atoms with E-state index in [0.29, 0.717) is 10.6 Å². The van der Waals surface area contributed by atoms with Crippen LogP contribution < -0.4 is 10.2 Å². The normalized spacial score (nSPS) is 15.2. The molecule has 22 heavy (non-hydrogen) atoms. The van der Waals surface area contributed by atoms with E-state index in [2.05, 4.69) is 4.90 Å². The number of alkyl halides is 3. The average Bonchev–Trinajstić information content (AvgIpc) is 2.46. The van der Waals surface area contributed by atoms with Crippen LogP contribution in [0.15, 0.2) is 18.2 Å². The fourth-order valence-electron chi connectivity index (χ4n) is 2.32. The first-order valence-electron chi connectivity index (χ1n) is 6.76. The topological polar surface area (TPSA) is 32.3 Å². The Labute approximate surface area is 138 Å². The average molecular weight is 357 g/mol. The van der Waals surface area contributed by atoms with Crippen LogP contribution in [0.2, 0.25) is 5.02 Å². The van der Waals surface area contributed by atoms with Gasteiger partial charge >= 0.3 is 12.1 Å². The fraction of sp³-hybridized carbons (Fsp3) is 0.500. The quantitative estimate of drug-likeness (QED) is 0.889. The van der Waals surface area contributed by atoms with Crippen LogP contribution in [0, 0.1) is 0 Å². The van der Waals surface area contributed by atoms with Gasteiger partial charge in [-0.25, -0.2) is 0 Å². The molecule has 8 heteroatoms. The first kappa shape index (κ1) is 18.9. The number of carbonyl (C=O) groups is 1. The number of hydrogen-bond donors (Lipinski definition) is 1. The van der Waals surface area contributed by atoms with Gasteiger partial charge in [-0.3, -0.25) is 4.79 Å². The van der Waals surface area contributed by atoms with Crippen LogP contribution in [0.5, 0.6) is 0 Å². The lowest BCUT2D eigenvalue weighted by molar-refractivity contribution is -0.173. The molecule has 1 amide bonds. The van der Waals surface area contributed by atoms with Crippen LogP contribution >= 0.6 is 24.0 Å². The summed E-state index contributed by atoms with van der Waals surface area (Å²) in [5.74, 6) is -1.96. The smallest absolute Gasteiger partial charge is 0.372 e. The van der Waals surface area contributed by atoms with Gasteiger partial charge in [-0.2, -0.15) is 13.2 Å². The third-order valence-electron chi connectivity index (χ3n) is 3.45. The molecule has 0 atom stereocenters. The van der Waals surface area contributed by atoms with E-state index in [1.54, 1.807) is 12.1 Å². The molecule has 1 fully saturated rings. The zero-order valence-corrected chi connectivity index (χ0v) is 13.3. The molecule has 1 aromatic rings. The molecule has 124 valence electrons. The number of halogens is 5. The van der Waals surface area contributed by atoms with Crippen molar-refractivity contribution in [1.82, 2.24) is 5.32 Å². The molecule has 1 aromatic carbocycles. The van der Waals surface area contributed by atoms with E-state index < -0.39 is 12.1 Å². The Hall–Kier alpha value is -1.14. The maximum absolute atomic E-state index is 12.2. The Morgan fingerprint density at radius 2 is 1.86 bits per heavy atom. The summed E-state index contributed by atoms with van der Waals surface area (Å²) in [5.41, 5.74) is 1.41. The summed E-state index contributed by atoms with van der Waals surface area (Å²) in [6.07, 6.45) is -1.49. The minimum atomic E-state index is -4.88. The third kappa shape index (κ3) is 4.95. The molecule has 2 rings (SSSR count). The molecule has 1 aliphatic heterocycles. The molecule has 0 spiro atoms. The predicted octanol–water partition coefficient (Wildman–Crippen LogP) is 3.93. The third-order valence-corrected chi connectivity index (χ3v) is 3.82. The van der Waals surface area contributed by atoms with Crippen LogP contribution in [-0.4, -0.2) is 25.2 Å². The molecule has 0 unspecified atom stereocenters. The second kappa shape index (κ2) is 7.92. The molecule has 0 aromatic heterocycles. The van der Waals surface area contributed by atoms with Crippen molar-refractivity contribution in [1.29, 1.82) is 0 Å². The van der Waals surface area contributed by atoms with Gasteiger partial charge in [0, 0.05) is 30.3 Å². The second-order valence-electron chi connectivity index (χ2n) is 5.00. The van der Waals surface area contributed by atoms with Crippen LogP contribution in [0.25, 0.3) is 0 Å². The summed E-state index contributed by atoms with van der Waals surface area (Å²) in [5, 5.41) is 2.19. The van der Waals surface area contributed by atoms with Gasteiger partial charge in [0.15, 0.2) is 0 Å². The van der Waals surface area contributed by atoms with Gasteiger partial charge in [-0.15, -0.1) is 12.4 Å². The lowest BCUT2D eigenvalue weighted by atomic mass is 10.1. The summed E-state index contributed by atoms with van der Waals surface area (Å²) in [6.45, 7) is 1.62. The van der Waals surface area contributed by atoms with Crippen molar-refractivity contribution in [2.24, 2.45) is 0 Å². The lowest BCUT2D eigenvalue weighted by Crippen LogP contribution is -2.36. The minimum Gasteiger partial charge on any atom is -0.372 e. The van der Waals surface area contributed by atoms with Crippen molar-refractivity contribution in [2.75, 3.05) is 18.0 Å². The number of piperidine rings is 1. The molecule has 1 saturated heterocycles. The van der Waals surface area contributed by atoms with Crippen molar-refractivity contribution >= 4 is 35.6 Å². The summed E-state index contributed by atoms with van der Waals surface area (Å²) >= 11 is 5.98. The predicted molar refractivity (Wildman–Crippen MR) is 82.7 cm³/mol. The van der Waals surface area contributed by atoms with E-state index in [0.717, 1.165) is 31.6 Å². The van der Waals surface area contributed by atoms with E-state index in [9.17, 15) is 18.0 Å². The zero-order chi connectivity index (χ0) is 15.5. The summed E-state index contributed by atoms with van der Waals surface area (Å²) in [4.78, 5) is 13.0. The highest BCUT2D eigenvalue weighted by Gasteiger charge is 2.38. The molecule has 0 aliphatic carbocycles. The van der Waals surface area contributed by atoms with Gasteiger partial charge in [0.1, 0.15) is 0 Å². The van der Waals surface area contributed by atoms with Crippen LogP contribution in [-0.2, 0) is 11.3 Å². The van der Waals surface area contributed by atoms with Gasteiger partial charge in [0.25, 0.3) is 0 Å². The minimum absolute atomic E-state index is 0. The number of hydrogen-bond acceptors (Lipinski definition) is 2. The first-order chi connectivity index (χ1) is 9.88. The van der Waals surface area contributed by atoms with Gasteiger partial charge in [0.05, 0.1) is 0 Å². The van der Waals surface area contributed by atoms with E-state index >= 15 is 0 Å². The Balaban J connectivity index is 0.00000242. The first-order valence-corrected chi connectivity index (χ1v) is 7.14. The molecule has 1 heterocycles. The van der Waals surface area contributed by atoms with Crippen molar-refractivity contribution < 1.29 is 18.0 Å². The molecule has 1 N–H and O–H groups in total. The van der Waals surface area contributed by atoms with Gasteiger partial charge in [-0.1, -0.05) is 11.6 Å². The maximum Gasteiger partial charge on any atom is 0.471 e. The highest BCUT2D eigenvalue weighted by Crippen LogP contribution is 2.26.